The van der Waals surface area contributed by atoms with Gasteiger partial charge in [-0.25, -0.2) is 4.98 Å². The van der Waals surface area contributed by atoms with Gasteiger partial charge in [0.25, 0.3) is 0 Å². The Morgan fingerprint density at radius 1 is 1.21 bits per heavy atom. The van der Waals surface area contributed by atoms with E-state index in [1.807, 2.05) is 32.0 Å². The van der Waals surface area contributed by atoms with Crippen LogP contribution in [0.3, 0.4) is 0 Å². The molecule has 0 bridgehead atoms. The Morgan fingerprint density at radius 2 is 1.93 bits per heavy atom. The summed E-state index contributed by atoms with van der Waals surface area (Å²) in [5, 5.41) is 0.836. The molecule has 0 saturated carbocycles. The van der Waals surface area contributed by atoms with Crippen molar-refractivity contribution < 1.29 is 4.74 Å². The normalized spacial score (nSPS) is 10.1. The molecule has 0 atom stereocenters. The average Bonchev–Trinajstić information content (AvgIpc) is 2.64. The largest absolute Gasteiger partial charge is 0.444 e. The minimum absolute atomic E-state index is 0.836. The van der Waals surface area contributed by atoms with Gasteiger partial charge >= 0.3 is 0 Å². The molecule has 0 saturated heterocycles. The molecule has 2 nitrogen and oxygen atoms in total. The van der Waals surface area contributed by atoms with Crippen LogP contribution in [0.25, 0.3) is 0 Å². The third kappa shape index (κ3) is 1.77. The van der Waals surface area contributed by atoms with Gasteiger partial charge in [0.1, 0.15) is 5.75 Å². The van der Waals surface area contributed by atoms with Crippen molar-refractivity contribution >= 4 is 11.3 Å². The molecule has 0 N–H and O–H groups in total. The quantitative estimate of drug-likeness (QED) is 0.748. The summed E-state index contributed by atoms with van der Waals surface area (Å²) in [7, 11) is 0. The van der Waals surface area contributed by atoms with E-state index in [1.54, 1.807) is 11.7 Å². The molecule has 0 unspecified atom stereocenters. The van der Waals surface area contributed by atoms with E-state index >= 15 is 0 Å². The topological polar surface area (TPSA) is 22.1 Å². The summed E-state index contributed by atoms with van der Waals surface area (Å²) >= 11 is 1.50. The Bertz CT molecular complexity index is 403. The number of aryl methyl sites for hydroxylation is 2. The van der Waals surface area contributed by atoms with Gasteiger partial charge in [0.05, 0.1) is 11.7 Å². The lowest BCUT2D eigenvalue weighted by Crippen LogP contribution is -1.88. The zero-order chi connectivity index (χ0) is 9.97. The summed E-state index contributed by atoms with van der Waals surface area (Å²) in [4.78, 5) is 3.97. The molecule has 3 heteroatoms. The summed E-state index contributed by atoms with van der Waals surface area (Å²) in [6, 6.07) is 6.12. The van der Waals surface area contributed by atoms with E-state index in [-0.39, 0.29) is 0 Å². The number of thiazole rings is 1. The number of nitrogens with zero attached hydrogens (tertiary/aromatic N) is 1. The molecule has 1 aromatic carbocycles. The highest BCUT2D eigenvalue weighted by atomic mass is 32.1. The van der Waals surface area contributed by atoms with Crippen LogP contribution in [0.4, 0.5) is 0 Å². The number of benzene rings is 1. The smallest absolute Gasteiger partial charge is 0.200 e. The highest BCUT2D eigenvalue weighted by Crippen LogP contribution is 2.30. The zero-order valence-corrected chi connectivity index (χ0v) is 8.97. The minimum Gasteiger partial charge on any atom is -0.444 e. The lowest BCUT2D eigenvalue weighted by atomic mass is 10.1. The minimum atomic E-state index is 0.836. The Kier molecular flexibility index (Phi) is 2.50. The Hall–Kier alpha value is -1.35. The van der Waals surface area contributed by atoms with Crippen molar-refractivity contribution in [3.8, 4) is 10.8 Å². The molecule has 2 rings (SSSR count). The second kappa shape index (κ2) is 3.80. The maximum Gasteiger partial charge on any atom is 0.200 e. The Balaban J connectivity index is 2.33. The second-order valence-corrected chi connectivity index (χ2v) is 3.99. The van der Waals surface area contributed by atoms with Crippen molar-refractivity contribution in [2.45, 2.75) is 13.8 Å². The monoisotopic (exact) mass is 205 g/mol. The molecule has 0 fully saturated rings. The third-order valence-corrected chi connectivity index (χ3v) is 2.67. The molecule has 0 spiro atoms. The molecule has 1 aromatic heterocycles. The van der Waals surface area contributed by atoms with Crippen molar-refractivity contribution in [1.29, 1.82) is 0 Å². The summed E-state index contributed by atoms with van der Waals surface area (Å²) in [6.45, 7) is 4.09. The van der Waals surface area contributed by atoms with E-state index in [9.17, 15) is 0 Å². The first-order valence-electron chi connectivity index (χ1n) is 4.40. The van der Waals surface area contributed by atoms with Gasteiger partial charge in [-0.1, -0.05) is 29.5 Å². The molecular formula is C11H11NOS. The summed E-state index contributed by atoms with van der Waals surface area (Å²) < 4.78 is 5.74. The molecule has 0 aliphatic rings. The fraction of sp³-hybridized carbons (Fsp3) is 0.182. The van der Waals surface area contributed by atoms with Gasteiger partial charge in [-0.3, -0.25) is 0 Å². The third-order valence-electron chi connectivity index (χ3n) is 2.02. The van der Waals surface area contributed by atoms with Crippen molar-refractivity contribution in [1.82, 2.24) is 4.98 Å². The van der Waals surface area contributed by atoms with Crippen LogP contribution in [-0.4, -0.2) is 4.98 Å². The molecule has 2 aromatic rings. The van der Waals surface area contributed by atoms with Crippen LogP contribution in [0.1, 0.15) is 11.1 Å². The van der Waals surface area contributed by atoms with Crippen LogP contribution in [0.5, 0.6) is 10.8 Å². The second-order valence-electron chi connectivity index (χ2n) is 3.14. The molecule has 14 heavy (non-hydrogen) atoms. The highest BCUT2D eigenvalue weighted by Gasteiger charge is 2.04. The SMILES string of the molecule is Cc1cccc(C)c1Oc1cncs1. The number of hydrogen-bond donors (Lipinski definition) is 0. The number of ether oxygens (including phenoxy) is 1. The van der Waals surface area contributed by atoms with Gasteiger partial charge < -0.3 is 4.74 Å². The molecule has 0 radical (unpaired) electrons. The molecule has 1 heterocycles. The van der Waals surface area contributed by atoms with Crippen LogP contribution >= 0.6 is 11.3 Å². The summed E-state index contributed by atoms with van der Waals surface area (Å²) in [6.07, 6.45) is 1.73. The molecule has 72 valence electrons. The first-order valence-corrected chi connectivity index (χ1v) is 5.28. The van der Waals surface area contributed by atoms with Crippen molar-refractivity contribution in [2.75, 3.05) is 0 Å². The van der Waals surface area contributed by atoms with Gasteiger partial charge in [0.2, 0.25) is 5.06 Å². The lowest BCUT2D eigenvalue weighted by molar-refractivity contribution is 0.487. The number of rotatable bonds is 2. The van der Waals surface area contributed by atoms with E-state index in [0.29, 0.717) is 0 Å². The maximum atomic E-state index is 5.74. The van der Waals surface area contributed by atoms with Gasteiger partial charge in [-0.05, 0) is 25.0 Å². The fourth-order valence-electron chi connectivity index (χ4n) is 1.32. The van der Waals surface area contributed by atoms with Crippen LogP contribution in [0.2, 0.25) is 0 Å². The van der Waals surface area contributed by atoms with E-state index in [1.165, 1.54) is 11.3 Å². The highest BCUT2D eigenvalue weighted by molar-refractivity contribution is 7.11. The van der Waals surface area contributed by atoms with Crippen molar-refractivity contribution in [3.63, 3.8) is 0 Å². The van der Waals surface area contributed by atoms with E-state index in [0.717, 1.165) is 21.9 Å². The van der Waals surface area contributed by atoms with E-state index in [2.05, 4.69) is 4.98 Å². The van der Waals surface area contributed by atoms with E-state index in [4.69, 9.17) is 4.74 Å². The van der Waals surface area contributed by atoms with Crippen LogP contribution < -0.4 is 4.74 Å². The number of para-hydroxylation sites is 1. The fourth-order valence-corrected chi connectivity index (χ4v) is 1.79. The maximum absolute atomic E-state index is 5.74. The van der Waals surface area contributed by atoms with Crippen LogP contribution in [0.15, 0.2) is 29.9 Å². The standard InChI is InChI=1S/C11H11NOS/c1-8-4-3-5-9(2)11(8)13-10-6-12-7-14-10/h3-7H,1-2H3. The van der Waals surface area contributed by atoms with E-state index < -0.39 is 0 Å². The predicted molar refractivity (Wildman–Crippen MR) is 58.1 cm³/mol. The molecular weight excluding hydrogens is 194 g/mol. The van der Waals surface area contributed by atoms with Gasteiger partial charge in [-0.2, -0.15) is 0 Å². The summed E-state index contributed by atoms with van der Waals surface area (Å²) in [5.74, 6) is 0.941. The van der Waals surface area contributed by atoms with Crippen LogP contribution in [0, 0.1) is 13.8 Å². The molecule has 0 aliphatic carbocycles. The average molecular weight is 205 g/mol. The predicted octanol–water partition coefficient (Wildman–Crippen LogP) is 3.55. The lowest BCUT2D eigenvalue weighted by Gasteiger charge is -2.08. The molecule has 0 aliphatic heterocycles. The van der Waals surface area contributed by atoms with Crippen molar-refractivity contribution in [2.24, 2.45) is 0 Å². The van der Waals surface area contributed by atoms with Crippen LogP contribution in [-0.2, 0) is 0 Å². The summed E-state index contributed by atoms with van der Waals surface area (Å²) in [5.41, 5.74) is 4.07. The molecule has 0 amide bonds. The van der Waals surface area contributed by atoms with Gasteiger partial charge in [0.15, 0.2) is 0 Å². The Labute approximate surface area is 87.2 Å². The Morgan fingerprint density at radius 3 is 2.50 bits per heavy atom. The zero-order valence-electron chi connectivity index (χ0n) is 8.15. The number of hydrogen-bond acceptors (Lipinski definition) is 3. The number of aromatic nitrogens is 1. The first-order chi connectivity index (χ1) is 6.77. The van der Waals surface area contributed by atoms with Gasteiger partial charge in [0, 0.05) is 0 Å². The first kappa shape index (κ1) is 9.21. The van der Waals surface area contributed by atoms with Crippen molar-refractivity contribution in [3.05, 3.63) is 41.0 Å². The van der Waals surface area contributed by atoms with Gasteiger partial charge in [-0.15, -0.1) is 0 Å².